The van der Waals surface area contributed by atoms with Gasteiger partial charge in [-0.3, -0.25) is 0 Å². The van der Waals surface area contributed by atoms with Crippen molar-refractivity contribution >= 4 is 5.97 Å². The van der Waals surface area contributed by atoms with Crippen molar-refractivity contribution in [1.29, 1.82) is 5.26 Å². The Balaban J connectivity index is 2.66. The van der Waals surface area contributed by atoms with Crippen molar-refractivity contribution in [2.24, 2.45) is 0 Å². The topological polar surface area (TPSA) is 78.9 Å². The van der Waals surface area contributed by atoms with E-state index in [9.17, 15) is 4.79 Å². The standard InChI is InChI=1S/C14H13N3O2/c1-8-9(2)16-17(10(8)3)13-5-4-11(14(18)19)6-12(13)7-15/h4-6H,1-3H3,(H,18,19). The summed E-state index contributed by atoms with van der Waals surface area (Å²) in [6.45, 7) is 5.78. The number of carboxylic acid groups (broad SMARTS) is 1. The van der Waals surface area contributed by atoms with Crippen molar-refractivity contribution in [3.63, 3.8) is 0 Å². The molecule has 0 amide bonds. The Kier molecular flexibility index (Phi) is 3.09. The van der Waals surface area contributed by atoms with Gasteiger partial charge in [0.25, 0.3) is 0 Å². The third-order valence-corrected chi connectivity index (χ3v) is 3.25. The third-order valence-electron chi connectivity index (χ3n) is 3.25. The summed E-state index contributed by atoms with van der Waals surface area (Å²) in [7, 11) is 0. The molecule has 1 heterocycles. The van der Waals surface area contributed by atoms with E-state index in [1.165, 1.54) is 12.1 Å². The fraction of sp³-hybridized carbons (Fsp3) is 0.214. The SMILES string of the molecule is Cc1nn(-c2ccc(C(=O)O)cc2C#N)c(C)c1C. The van der Waals surface area contributed by atoms with Crippen LogP contribution in [0.4, 0.5) is 0 Å². The van der Waals surface area contributed by atoms with Crippen LogP contribution in [0, 0.1) is 32.1 Å². The summed E-state index contributed by atoms with van der Waals surface area (Å²) in [5.74, 6) is -1.05. The van der Waals surface area contributed by atoms with Gasteiger partial charge < -0.3 is 5.11 Å². The van der Waals surface area contributed by atoms with Gasteiger partial charge in [-0.1, -0.05) is 0 Å². The van der Waals surface area contributed by atoms with E-state index in [4.69, 9.17) is 10.4 Å². The molecule has 1 aromatic heterocycles. The van der Waals surface area contributed by atoms with Crippen molar-refractivity contribution in [3.8, 4) is 11.8 Å². The van der Waals surface area contributed by atoms with Crippen molar-refractivity contribution < 1.29 is 9.90 Å². The van der Waals surface area contributed by atoms with Crippen LogP contribution in [0.3, 0.4) is 0 Å². The number of hydrogen-bond donors (Lipinski definition) is 1. The summed E-state index contributed by atoms with van der Waals surface area (Å²) in [5.41, 5.74) is 3.89. The Hall–Kier alpha value is -2.61. The maximum absolute atomic E-state index is 10.9. The van der Waals surface area contributed by atoms with Gasteiger partial charge in [0.2, 0.25) is 0 Å². The molecule has 0 saturated heterocycles. The highest BCUT2D eigenvalue weighted by atomic mass is 16.4. The van der Waals surface area contributed by atoms with Crippen LogP contribution in [0.5, 0.6) is 0 Å². The largest absolute Gasteiger partial charge is 0.478 e. The van der Waals surface area contributed by atoms with Crippen molar-refractivity contribution in [2.45, 2.75) is 20.8 Å². The Morgan fingerprint density at radius 3 is 2.53 bits per heavy atom. The van der Waals surface area contributed by atoms with Gasteiger partial charge in [0.1, 0.15) is 6.07 Å². The van der Waals surface area contributed by atoms with Crippen LogP contribution in [0.15, 0.2) is 18.2 Å². The Morgan fingerprint density at radius 2 is 2.05 bits per heavy atom. The summed E-state index contributed by atoms with van der Waals surface area (Å²) < 4.78 is 1.68. The fourth-order valence-corrected chi connectivity index (χ4v) is 1.90. The Morgan fingerprint density at radius 1 is 1.37 bits per heavy atom. The molecular weight excluding hydrogens is 242 g/mol. The van der Waals surface area contributed by atoms with E-state index in [0.29, 0.717) is 11.3 Å². The highest BCUT2D eigenvalue weighted by Crippen LogP contribution is 2.20. The third kappa shape index (κ3) is 2.08. The minimum atomic E-state index is -1.05. The Bertz CT molecular complexity index is 708. The molecule has 0 aliphatic carbocycles. The zero-order valence-electron chi connectivity index (χ0n) is 10.9. The van der Waals surface area contributed by atoms with Crippen LogP contribution < -0.4 is 0 Å². The lowest BCUT2D eigenvalue weighted by atomic mass is 10.1. The quantitative estimate of drug-likeness (QED) is 0.893. The second-order valence-electron chi connectivity index (χ2n) is 4.36. The molecule has 5 heteroatoms. The monoisotopic (exact) mass is 255 g/mol. The first-order chi connectivity index (χ1) is 8.95. The lowest BCUT2D eigenvalue weighted by Gasteiger charge is -2.07. The van der Waals surface area contributed by atoms with E-state index >= 15 is 0 Å². The number of aryl methyl sites for hydroxylation is 1. The zero-order valence-corrected chi connectivity index (χ0v) is 10.9. The second kappa shape index (κ2) is 4.58. The maximum Gasteiger partial charge on any atom is 0.335 e. The molecule has 1 aromatic carbocycles. The predicted molar refractivity (Wildman–Crippen MR) is 69.4 cm³/mol. The maximum atomic E-state index is 10.9. The van der Waals surface area contributed by atoms with Crippen LogP contribution >= 0.6 is 0 Å². The molecule has 96 valence electrons. The van der Waals surface area contributed by atoms with Crippen LogP contribution in [-0.4, -0.2) is 20.9 Å². The summed E-state index contributed by atoms with van der Waals surface area (Å²) in [6, 6.07) is 6.47. The van der Waals surface area contributed by atoms with E-state index in [1.807, 2.05) is 26.8 Å². The van der Waals surface area contributed by atoms with Gasteiger partial charge in [-0.25, -0.2) is 9.48 Å². The normalized spacial score (nSPS) is 10.2. The molecule has 0 unspecified atom stereocenters. The molecule has 2 rings (SSSR count). The van der Waals surface area contributed by atoms with Gasteiger partial charge >= 0.3 is 5.97 Å². The Labute approximate surface area is 110 Å². The number of carbonyl (C=O) groups is 1. The smallest absolute Gasteiger partial charge is 0.335 e. The number of benzene rings is 1. The van der Waals surface area contributed by atoms with Gasteiger partial charge in [-0.2, -0.15) is 10.4 Å². The number of rotatable bonds is 2. The van der Waals surface area contributed by atoms with Crippen molar-refractivity contribution in [3.05, 3.63) is 46.3 Å². The molecule has 1 N–H and O–H groups in total. The number of carboxylic acids is 1. The van der Waals surface area contributed by atoms with E-state index in [-0.39, 0.29) is 5.56 Å². The van der Waals surface area contributed by atoms with Gasteiger partial charge in [-0.05, 0) is 44.5 Å². The van der Waals surface area contributed by atoms with Crippen LogP contribution in [0.25, 0.3) is 5.69 Å². The number of aromatic nitrogens is 2. The summed E-state index contributed by atoms with van der Waals surface area (Å²) in [6.07, 6.45) is 0. The molecule has 5 nitrogen and oxygen atoms in total. The molecule has 0 atom stereocenters. The number of aromatic carboxylic acids is 1. The summed E-state index contributed by atoms with van der Waals surface area (Å²) >= 11 is 0. The van der Waals surface area contributed by atoms with Gasteiger partial charge in [-0.15, -0.1) is 0 Å². The van der Waals surface area contributed by atoms with Crippen molar-refractivity contribution in [1.82, 2.24) is 9.78 Å². The summed E-state index contributed by atoms with van der Waals surface area (Å²) in [5, 5.41) is 22.5. The van der Waals surface area contributed by atoms with Crippen LogP contribution in [0.1, 0.15) is 32.9 Å². The van der Waals surface area contributed by atoms with E-state index in [2.05, 4.69) is 5.10 Å². The van der Waals surface area contributed by atoms with Gasteiger partial charge in [0.15, 0.2) is 0 Å². The molecule has 0 bridgehead atoms. The highest BCUT2D eigenvalue weighted by molar-refractivity contribution is 5.88. The van der Waals surface area contributed by atoms with E-state index in [1.54, 1.807) is 10.7 Å². The average Bonchev–Trinajstić information content (AvgIpc) is 2.65. The summed E-state index contributed by atoms with van der Waals surface area (Å²) in [4.78, 5) is 10.9. The zero-order chi connectivity index (χ0) is 14.2. The predicted octanol–water partition coefficient (Wildman–Crippen LogP) is 2.37. The minimum absolute atomic E-state index is 0.0959. The molecule has 0 saturated carbocycles. The average molecular weight is 255 g/mol. The van der Waals surface area contributed by atoms with Gasteiger partial charge in [0.05, 0.1) is 22.5 Å². The minimum Gasteiger partial charge on any atom is -0.478 e. The molecule has 0 aliphatic rings. The van der Waals surface area contributed by atoms with E-state index in [0.717, 1.165) is 17.0 Å². The molecule has 0 aliphatic heterocycles. The van der Waals surface area contributed by atoms with Crippen LogP contribution in [0.2, 0.25) is 0 Å². The molecule has 0 fully saturated rings. The molecule has 0 spiro atoms. The highest BCUT2D eigenvalue weighted by Gasteiger charge is 2.14. The lowest BCUT2D eigenvalue weighted by molar-refractivity contribution is 0.0697. The fourth-order valence-electron chi connectivity index (χ4n) is 1.90. The first-order valence-electron chi connectivity index (χ1n) is 5.76. The first-order valence-corrected chi connectivity index (χ1v) is 5.76. The molecule has 0 radical (unpaired) electrons. The second-order valence-corrected chi connectivity index (χ2v) is 4.36. The lowest BCUT2D eigenvalue weighted by Crippen LogP contribution is -2.04. The molecule has 2 aromatic rings. The van der Waals surface area contributed by atoms with E-state index < -0.39 is 5.97 Å². The van der Waals surface area contributed by atoms with Crippen LogP contribution in [-0.2, 0) is 0 Å². The molecular formula is C14H13N3O2. The first kappa shape index (κ1) is 12.8. The molecule has 19 heavy (non-hydrogen) atoms. The number of hydrogen-bond acceptors (Lipinski definition) is 3. The van der Waals surface area contributed by atoms with Gasteiger partial charge in [0, 0.05) is 5.69 Å². The number of nitriles is 1. The van der Waals surface area contributed by atoms with Crippen molar-refractivity contribution in [2.75, 3.05) is 0 Å². The number of nitrogens with zero attached hydrogens (tertiary/aromatic N) is 3.